The summed E-state index contributed by atoms with van der Waals surface area (Å²) < 4.78 is -0.704. The number of hydrogen-bond acceptors (Lipinski definition) is 7. The molecule has 3 aliphatic rings. The van der Waals surface area contributed by atoms with Crippen LogP contribution in [0.4, 0.5) is 17.1 Å². The summed E-state index contributed by atoms with van der Waals surface area (Å²) in [6.45, 7) is 3.42. The maximum Gasteiger partial charge on any atom is 0.246 e. The third-order valence-corrected chi connectivity index (χ3v) is 5.50. The smallest absolute Gasteiger partial charge is 0.246 e. The molecule has 0 radical (unpaired) electrons. The molecule has 0 saturated carbocycles. The van der Waals surface area contributed by atoms with Gasteiger partial charge in [0.15, 0.2) is 5.78 Å². The van der Waals surface area contributed by atoms with E-state index >= 15 is 0 Å². The van der Waals surface area contributed by atoms with Crippen molar-refractivity contribution in [1.82, 2.24) is 9.66 Å². The summed E-state index contributed by atoms with van der Waals surface area (Å²) in [5.74, 6) is -0.201. The van der Waals surface area contributed by atoms with Crippen molar-refractivity contribution in [2.24, 2.45) is 0 Å². The topological polar surface area (TPSA) is 87.5 Å². The van der Waals surface area contributed by atoms with Crippen molar-refractivity contribution in [3.05, 3.63) is 42.6 Å². The van der Waals surface area contributed by atoms with Crippen LogP contribution in [0, 0.1) is 0 Å². The predicted octanol–water partition coefficient (Wildman–Crippen LogP) is 1.73. The highest BCUT2D eigenvalue weighted by molar-refractivity contribution is 5.95. The fourth-order valence-electron chi connectivity index (χ4n) is 4.41. The molecule has 8 nitrogen and oxygen atoms in total. The molecule has 138 valence electrons. The first-order chi connectivity index (χ1) is 12.4. The Balaban J connectivity index is 1.95. The molecule has 0 amide bonds. The van der Waals surface area contributed by atoms with Crippen molar-refractivity contribution in [1.29, 1.82) is 0 Å². The maximum atomic E-state index is 13.0. The molecule has 0 aliphatic carbocycles. The fraction of sp³-hybridized carbons (Fsp3) is 0.389. The summed E-state index contributed by atoms with van der Waals surface area (Å²) in [6.07, 6.45) is 6.79. The van der Waals surface area contributed by atoms with Crippen LogP contribution in [-0.2, 0) is 4.79 Å². The first kappa shape index (κ1) is 17.0. The standard InChI is InChI=1S/C18H23N4O4/c1-3-17-20(25)15-7-6-14-12-16(15)22(17,26)21(14)18(13(2)24)8-4-5-9-19(18)10-11-23/h4-9,12,17,23,25-26H,3,10-11H2,1-2H3/q+1. The maximum absolute atomic E-state index is 13.0. The van der Waals surface area contributed by atoms with E-state index in [1.165, 1.54) is 6.92 Å². The number of allylic oxidation sites excluding steroid dienone is 2. The second-order valence-electron chi connectivity index (χ2n) is 6.77. The molecular weight excluding hydrogens is 336 g/mol. The number of rotatable bonds is 5. The number of aliphatic hydroxyl groups is 1. The highest BCUT2D eigenvalue weighted by Crippen LogP contribution is 2.55. The van der Waals surface area contributed by atoms with E-state index in [-0.39, 0.29) is 18.9 Å². The molecule has 3 N–H and O–H groups in total. The van der Waals surface area contributed by atoms with E-state index < -0.39 is 16.6 Å². The van der Waals surface area contributed by atoms with Crippen LogP contribution < -0.4 is 14.8 Å². The zero-order valence-electron chi connectivity index (χ0n) is 14.8. The molecule has 3 aliphatic heterocycles. The van der Waals surface area contributed by atoms with Crippen molar-refractivity contribution in [2.45, 2.75) is 32.1 Å². The lowest BCUT2D eigenvalue weighted by molar-refractivity contribution is -0.159. The number of aliphatic hydroxyl groups excluding tert-OH is 1. The molecule has 0 saturated heterocycles. The number of hydroxylamine groups is 2. The number of benzene rings is 1. The number of β-amino-alcohol motifs (C(OH)–C–C–N with tert-alkyl or cyclic N) is 1. The average Bonchev–Trinajstić information content (AvgIpc) is 2.97. The van der Waals surface area contributed by atoms with Gasteiger partial charge in [0.05, 0.1) is 6.61 Å². The largest absolute Gasteiger partial charge is 0.395 e. The van der Waals surface area contributed by atoms with Gasteiger partial charge in [-0.3, -0.25) is 10.0 Å². The van der Waals surface area contributed by atoms with Gasteiger partial charge in [0, 0.05) is 25.2 Å². The van der Waals surface area contributed by atoms with Crippen molar-refractivity contribution in [3.8, 4) is 0 Å². The highest BCUT2D eigenvalue weighted by atomic mass is 16.6. The number of carbonyl (C=O) groups excluding carboxylic acids is 1. The molecule has 2 bridgehead atoms. The summed E-state index contributed by atoms with van der Waals surface area (Å²) in [5, 5.41) is 34.5. The molecule has 1 aromatic carbocycles. The minimum absolute atomic E-state index is 0.140. The molecule has 3 unspecified atom stereocenters. The van der Waals surface area contributed by atoms with Crippen LogP contribution in [0.5, 0.6) is 0 Å². The van der Waals surface area contributed by atoms with Gasteiger partial charge in [0.25, 0.3) is 0 Å². The molecule has 26 heavy (non-hydrogen) atoms. The lowest BCUT2D eigenvalue weighted by Crippen LogP contribution is -2.77. The number of nitrogens with zero attached hydrogens (tertiary/aromatic N) is 4. The van der Waals surface area contributed by atoms with Crippen LogP contribution in [0.1, 0.15) is 20.3 Å². The lowest BCUT2D eigenvalue weighted by atomic mass is 9.98. The first-order valence-corrected chi connectivity index (χ1v) is 8.72. The third kappa shape index (κ3) is 1.79. The Morgan fingerprint density at radius 3 is 2.77 bits per heavy atom. The minimum Gasteiger partial charge on any atom is -0.395 e. The Kier molecular flexibility index (Phi) is 3.64. The Morgan fingerprint density at radius 1 is 1.35 bits per heavy atom. The average molecular weight is 359 g/mol. The Labute approximate surface area is 151 Å². The first-order valence-electron chi connectivity index (χ1n) is 8.72. The normalized spacial score (nSPS) is 31.3. The van der Waals surface area contributed by atoms with E-state index in [0.717, 1.165) is 5.06 Å². The van der Waals surface area contributed by atoms with E-state index in [9.17, 15) is 20.3 Å². The molecule has 0 aromatic heterocycles. The summed E-state index contributed by atoms with van der Waals surface area (Å²) in [4.78, 5) is 14.7. The lowest BCUT2D eigenvalue weighted by Gasteiger charge is -2.51. The van der Waals surface area contributed by atoms with Gasteiger partial charge in [-0.1, -0.05) is 13.0 Å². The molecule has 1 aromatic rings. The van der Waals surface area contributed by atoms with Crippen LogP contribution in [0.25, 0.3) is 0 Å². The predicted molar refractivity (Wildman–Crippen MR) is 96.3 cm³/mol. The number of hydrogen-bond donors (Lipinski definition) is 3. The van der Waals surface area contributed by atoms with Gasteiger partial charge < -0.3 is 10.0 Å². The minimum atomic E-state index is -1.32. The molecule has 0 spiro atoms. The van der Waals surface area contributed by atoms with Crippen LogP contribution >= 0.6 is 0 Å². The van der Waals surface area contributed by atoms with Gasteiger partial charge in [-0.2, -0.15) is 10.3 Å². The van der Waals surface area contributed by atoms with E-state index in [0.29, 0.717) is 23.5 Å². The highest BCUT2D eigenvalue weighted by Gasteiger charge is 2.67. The number of anilines is 2. The fourth-order valence-corrected chi connectivity index (χ4v) is 4.41. The van der Waals surface area contributed by atoms with Crippen molar-refractivity contribution in [2.75, 3.05) is 23.2 Å². The summed E-state index contributed by atoms with van der Waals surface area (Å²) in [5.41, 5.74) is 0.409. The Bertz CT molecular complexity index is 825. The zero-order chi connectivity index (χ0) is 18.7. The van der Waals surface area contributed by atoms with Gasteiger partial charge in [-0.05, 0) is 36.0 Å². The zero-order valence-corrected chi connectivity index (χ0v) is 14.8. The number of ketones is 1. The molecule has 4 rings (SSSR count). The summed E-state index contributed by atoms with van der Waals surface area (Å²) in [6, 6.07) is 5.32. The molecule has 8 heteroatoms. The van der Waals surface area contributed by atoms with Crippen LogP contribution in [0.3, 0.4) is 0 Å². The number of fused-ring (bicyclic) bond motifs is 1. The monoisotopic (exact) mass is 359 g/mol. The van der Waals surface area contributed by atoms with Gasteiger partial charge >= 0.3 is 0 Å². The second-order valence-corrected chi connectivity index (χ2v) is 6.77. The van der Waals surface area contributed by atoms with Crippen LogP contribution in [0.15, 0.2) is 42.6 Å². The van der Waals surface area contributed by atoms with Gasteiger partial charge in [0.2, 0.25) is 17.5 Å². The SMILES string of the molecule is CCC1N(O)c2ccc3cc2[N+]1(O)N3C1(C(C)=O)C=CC=CN1CCO. The summed E-state index contributed by atoms with van der Waals surface area (Å²) >= 11 is 0. The van der Waals surface area contributed by atoms with Crippen LogP contribution in [-0.4, -0.2) is 51.2 Å². The Hall–Kier alpha value is -2.39. The van der Waals surface area contributed by atoms with Crippen molar-refractivity contribution < 1.29 is 20.3 Å². The third-order valence-electron chi connectivity index (χ3n) is 5.50. The van der Waals surface area contributed by atoms with E-state index in [1.807, 2.05) is 6.92 Å². The van der Waals surface area contributed by atoms with E-state index in [2.05, 4.69) is 0 Å². The number of carbonyl (C=O) groups is 1. The van der Waals surface area contributed by atoms with Gasteiger partial charge in [-0.15, -0.1) is 5.01 Å². The summed E-state index contributed by atoms with van der Waals surface area (Å²) in [7, 11) is 0. The number of quaternary nitrogens is 1. The van der Waals surface area contributed by atoms with Gasteiger partial charge in [-0.25, -0.2) is 0 Å². The van der Waals surface area contributed by atoms with Gasteiger partial charge in [0.1, 0.15) is 11.4 Å². The second kappa shape index (κ2) is 5.55. The van der Waals surface area contributed by atoms with E-state index in [1.54, 1.807) is 52.5 Å². The van der Waals surface area contributed by atoms with Crippen molar-refractivity contribution in [3.63, 3.8) is 0 Å². The molecular formula is C18H23N4O4+. The van der Waals surface area contributed by atoms with Crippen LogP contribution in [0.2, 0.25) is 0 Å². The van der Waals surface area contributed by atoms with E-state index in [4.69, 9.17) is 0 Å². The van der Waals surface area contributed by atoms with Crippen molar-refractivity contribution >= 4 is 22.8 Å². The molecule has 3 heterocycles. The quantitative estimate of drug-likeness (QED) is 0.690. The molecule has 3 atom stereocenters. The molecule has 0 fully saturated rings. The Morgan fingerprint density at radius 2 is 2.12 bits per heavy atom. The number of Topliss-reactive ketones (excluding diaryl/α,β-unsaturated/α-hetero) is 1.